The van der Waals surface area contributed by atoms with E-state index in [0.717, 1.165) is 0 Å². The van der Waals surface area contributed by atoms with Crippen LogP contribution < -0.4 is 43.0 Å². The van der Waals surface area contributed by atoms with Gasteiger partial charge < -0.3 is 47.1 Å². The highest BCUT2D eigenvalue weighted by molar-refractivity contribution is 7.71. The van der Waals surface area contributed by atoms with Crippen LogP contribution >= 0.6 is 12.2 Å². The fourth-order valence-electron chi connectivity index (χ4n) is 6.98. The van der Waals surface area contributed by atoms with Gasteiger partial charge in [-0.25, -0.2) is 14.3 Å². The molecule has 342 valence electrons. The number of rotatable bonds is 18. The summed E-state index contributed by atoms with van der Waals surface area (Å²) >= 11 is 4.92. The van der Waals surface area contributed by atoms with Gasteiger partial charge in [-0.05, 0) is 72.3 Å². The minimum Gasteiger partial charge on any atom is -0.352 e. The average molecular weight is 906 g/mol. The van der Waals surface area contributed by atoms with E-state index in [-0.39, 0.29) is 29.3 Å². The SMILES string of the molecule is C=C(C(C)C)[C@H](NC(=O)[C@@H](NC(=O)[C@@H](N)CNC(=O)C1NC(=O)NC(=O)C1F)C(C)C)C(=O)N[C@@H](Cc1ccccc1)C(=O)N1CCC[C@@H]1C(=O)Nc1ccc(-c2nc(=S)o[nH]2)cc1. The molecule has 3 heterocycles. The Labute approximate surface area is 372 Å². The number of amides is 9. The third kappa shape index (κ3) is 12.2. The molecule has 0 aliphatic carbocycles. The fraction of sp³-hybridized carbons (Fsp3) is 0.429. The maximum absolute atomic E-state index is 14.5. The number of urea groups is 1. The predicted molar refractivity (Wildman–Crippen MR) is 232 cm³/mol. The maximum atomic E-state index is 14.5. The molecule has 7 atom stereocenters. The molecule has 2 fully saturated rings. The van der Waals surface area contributed by atoms with Crippen molar-refractivity contribution in [2.45, 2.75) is 89.4 Å². The number of nitrogens with two attached hydrogens (primary N) is 1. The van der Waals surface area contributed by atoms with Crippen molar-refractivity contribution in [2.75, 3.05) is 18.4 Å². The third-order valence-corrected chi connectivity index (χ3v) is 10.9. The number of nitrogens with zero attached hydrogens (tertiary/aromatic N) is 2. The molecule has 0 saturated carbocycles. The molecule has 2 aliphatic rings. The molecule has 10 N–H and O–H groups in total. The number of hydrogen-bond acceptors (Lipinski definition) is 12. The van der Waals surface area contributed by atoms with Gasteiger partial charge in [-0.2, -0.15) is 4.98 Å². The fourth-order valence-corrected chi connectivity index (χ4v) is 7.11. The Hall–Kier alpha value is -6.81. The Morgan fingerprint density at radius 2 is 1.64 bits per heavy atom. The number of carbonyl (C=O) groups excluding carboxylic acids is 8. The van der Waals surface area contributed by atoms with E-state index < -0.39 is 102 Å². The molecule has 2 aromatic carbocycles. The lowest BCUT2D eigenvalue weighted by atomic mass is 9.94. The van der Waals surface area contributed by atoms with Gasteiger partial charge in [0.15, 0.2) is 5.82 Å². The highest BCUT2D eigenvalue weighted by Crippen LogP contribution is 2.24. The van der Waals surface area contributed by atoms with Crippen molar-refractivity contribution >= 4 is 65.3 Å². The van der Waals surface area contributed by atoms with Crippen LogP contribution in [0.2, 0.25) is 0 Å². The molecule has 0 radical (unpaired) electrons. The molecule has 2 saturated heterocycles. The third-order valence-electron chi connectivity index (χ3n) is 10.7. The van der Waals surface area contributed by atoms with Crippen LogP contribution in [-0.2, 0) is 40.0 Å². The predicted octanol–water partition coefficient (Wildman–Crippen LogP) is 0.884. The van der Waals surface area contributed by atoms with E-state index in [1.54, 1.807) is 87.6 Å². The van der Waals surface area contributed by atoms with Crippen molar-refractivity contribution < 1.29 is 47.3 Å². The second-order valence-corrected chi connectivity index (χ2v) is 16.4. The Balaban J connectivity index is 1.27. The van der Waals surface area contributed by atoms with Crippen LogP contribution in [0.25, 0.3) is 11.4 Å². The van der Waals surface area contributed by atoms with Gasteiger partial charge in [0, 0.05) is 30.8 Å². The number of imide groups is 1. The first-order valence-corrected chi connectivity index (χ1v) is 20.9. The van der Waals surface area contributed by atoms with Crippen molar-refractivity contribution in [3.8, 4) is 11.4 Å². The van der Waals surface area contributed by atoms with E-state index in [0.29, 0.717) is 35.5 Å². The Bertz CT molecular complexity index is 2300. The Kier molecular flexibility index (Phi) is 16.2. The zero-order valence-electron chi connectivity index (χ0n) is 35.6. The summed E-state index contributed by atoms with van der Waals surface area (Å²) in [5.41, 5.74) is 8.14. The van der Waals surface area contributed by atoms with E-state index in [2.05, 4.69) is 43.3 Å². The summed E-state index contributed by atoms with van der Waals surface area (Å²) < 4.78 is 19.3. The first-order valence-electron chi connectivity index (χ1n) is 20.5. The van der Waals surface area contributed by atoms with Gasteiger partial charge in [-0.15, -0.1) is 0 Å². The van der Waals surface area contributed by atoms with Gasteiger partial charge >= 0.3 is 10.9 Å². The molecule has 1 aromatic heterocycles. The second kappa shape index (κ2) is 21.5. The lowest BCUT2D eigenvalue weighted by Gasteiger charge is -2.31. The van der Waals surface area contributed by atoms with Gasteiger partial charge in [-0.1, -0.05) is 64.6 Å². The summed E-state index contributed by atoms with van der Waals surface area (Å²) in [5, 5.41) is 19.4. The van der Waals surface area contributed by atoms with Crippen molar-refractivity contribution in [1.82, 2.24) is 46.9 Å². The van der Waals surface area contributed by atoms with Crippen molar-refractivity contribution in [3.05, 3.63) is 77.2 Å². The average Bonchev–Trinajstić information content (AvgIpc) is 3.94. The first kappa shape index (κ1) is 48.2. The molecule has 2 unspecified atom stereocenters. The summed E-state index contributed by atoms with van der Waals surface area (Å²) in [6.45, 7) is 10.5. The van der Waals surface area contributed by atoms with Crippen LogP contribution in [-0.4, -0.2) is 118 Å². The number of nitrogens with one attached hydrogen (secondary N) is 8. The minimum absolute atomic E-state index is 0.0447. The number of halogens is 1. The van der Waals surface area contributed by atoms with E-state index in [1.807, 2.05) is 5.32 Å². The number of benzene rings is 2. The molecule has 0 spiro atoms. The standard InChI is InChI=1S/C42H52FN11O9S/c1-20(2)22(5)31(49-38(59)30(21(3)4)48-34(55)26(44)19-45-37(58)32-29(43)36(57)52-41(62)50-32)39(60)47-27(18-23-10-7-6-8-11-23)40(61)54-17-9-12-28(54)35(56)46-25-15-13-24(14-16-25)33-51-42(64)63-53-33/h6-8,10-11,13-16,20-21,26-32H,5,9,12,17-19,44H2,1-4H3,(H,45,58)(H,46,56)(H,47,60)(H,48,55)(H,49,59)(H,51,53,64)(H2,50,52,57,62)/t26-,27-,28+,29?,30-,31-,32?/m0/s1. The molecule has 9 amide bonds. The Morgan fingerprint density at radius 3 is 2.27 bits per heavy atom. The van der Waals surface area contributed by atoms with E-state index >= 15 is 0 Å². The summed E-state index contributed by atoms with van der Waals surface area (Å²) in [6.07, 6.45) is -1.45. The molecule has 64 heavy (non-hydrogen) atoms. The van der Waals surface area contributed by atoms with Crippen molar-refractivity contribution in [1.29, 1.82) is 0 Å². The van der Waals surface area contributed by atoms with Gasteiger partial charge in [0.1, 0.15) is 36.3 Å². The van der Waals surface area contributed by atoms with Crippen LogP contribution in [0.1, 0.15) is 46.1 Å². The van der Waals surface area contributed by atoms with E-state index in [9.17, 15) is 42.7 Å². The quantitative estimate of drug-likeness (QED) is 0.0636. The van der Waals surface area contributed by atoms with Crippen LogP contribution in [0.3, 0.4) is 0 Å². The van der Waals surface area contributed by atoms with Crippen LogP contribution in [0.15, 0.2) is 71.3 Å². The smallest absolute Gasteiger partial charge is 0.322 e. The number of alkyl halides is 1. The molecular weight excluding hydrogens is 854 g/mol. The molecule has 22 heteroatoms. The van der Waals surface area contributed by atoms with Crippen molar-refractivity contribution in [2.24, 2.45) is 17.6 Å². The van der Waals surface area contributed by atoms with Crippen LogP contribution in [0.5, 0.6) is 0 Å². The highest BCUT2D eigenvalue weighted by Gasteiger charge is 2.42. The van der Waals surface area contributed by atoms with Crippen molar-refractivity contribution in [3.63, 3.8) is 0 Å². The molecule has 2 aliphatic heterocycles. The first-order chi connectivity index (χ1) is 30.3. The Morgan fingerprint density at radius 1 is 0.953 bits per heavy atom. The topological polar surface area (TPSA) is 292 Å². The van der Waals surface area contributed by atoms with E-state index in [4.69, 9.17) is 22.5 Å². The zero-order valence-corrected chi connectivity index (χ0v) is 36.4. The number of aromatic amines is 1. The molecule has 20 nitrogen and oxygen atoms in total. The van der Waals surface area contributed by atoms with E-state index in [1.165, 1.54) is 4.90 Å². The maximum Gasteiger partial charge on any atom is 0.322 e. The lowest BCUT2D eigenvalue weighted by Crippen LogP contribution is -2.65. The van der Waals surface area contributed by atoms with Gasteiger partial charge in [0.05, 0.1) is 0 Å². The van der Waals surface area contributed by atoms with Gasteiger partial charge in [-0.3, -0.25) is 38.9 Å². The largest absolute Gasteiger partial charge is 0.352 e. The number of likely N-dealkylation sites (tertiary alicyclic amines) is 1. The number of H-pyrrole nitrogens is 1. The lowest BCUT2D eigenvalue weighted by molar-refractivity contribution is -0.140. The molecular formula is C42H52FN11O9S. The zero-order chi connectivity index (χ0) is 46.8. The number of anilines is 1. The summed E-state index contributed by atoms with van der Waals surface area (Å²) in [7, 11) is 0. The number of hydrogen-bond donors (Lipinski definition) is 9. The van der Waals surface area contributed by atoms with Crippen LogP contribution in [0, 0.1) is 16.7 Å². The summed E-state index contributed by atoms with van der Waals surface area (Å²) in [5.74, 6) is -6.31. The number of aromatic nitrogens is 2. The number of carbonyl (C=O) groups is 8. The monoisotopic (exact) mass is 905 g/mol. The summed E-state index contributed by atoms with van der Waals surface area (Å²) in [4.78, 5) is 111. The van der Waals surface area contributed by atoms with Gasteiger partial charge in [0.2, 0.25) is 41.6 Å². The molecule has 0 bridgehead atoms. The minimum atomic E-state index is -2.39. The summed E-state index contributed by atoms with van der Waals surface area (Å²) in [6, 6.07) is 6.60. The second-order valence-electron chi connectivity index (χ2n) is 16.0. The van der Waals surface area contributed by atoms with Gasteiger partial charge in [0.25, 0.3) is 5.91 Å². The molecule has 3 aromatic rings. The molecule has 5 rings (SSSR count). The highest BCUT2D eigenvalue weighted by atomic mass is 32.1. The van der Waals surface area contributed by atoms with Crippen LogP contribution in [0.4, 0.5) is 14.9 Å². The normalized spacial score (nSPS) is 19.1.